The Morgan fingerprint density at radius 1 is 1.07 bits per heavy atom. The zero-order chi connectivity index (χ0) is 21.1. The number of nitrogens with zero attached hydrogens (tertiary/aromatic N) is 1. The molecule has 2 amide bonds. The molecule has 1 aromatic heterocycles. The van der Waals surface area contributed by atoms with Crippen LogP contribution in [0.4, 0.5) is 0 Å². The largest absolute Gasteiger partial charge is 0.353 e. The number of rotatable bonds is 11. The summed E-state index contributed by atoms with van der Waals surface area (Å²) in [5.41, 5.74) is 0.423. The van der Waals surface area contributed by atoms with Gasteiger partial charge in [0.1, 0.15) is 6.04 Å². The summed E-state index contributed by atoms with van der Waals surface area (Å²) in [6, 6.07) is 10.3. The zero-order valence-corrected chi connectivity index (χ0v) is 17.6. The summed E-state index contributed by atoms with van der Waals surface area (Å²) in [5, 5.41) is 5.34. The second-order valence-electron chi connectivity index (χ2n) is 6.06. The summed E-state index contributed by atoms with van der Waals surface area (Å²) in [6.07, 6.45) is 5.25. The number of thioether (sulfide) groups is 1. The number of aromatic nitrogens is 1. The lowest BCUT2D eigenvalue weighted by molar-refractivity contribution is -0.122. The Bertz CT molecular complexity index is 893. The molecule has 0 radical (unpaired) electrons. The van der Waals surface area contributed by atoms with Crippen molar-refractivity contribution in [2.45, 2.75) is 17.4 Å². The molecule has 1 unspecified atom stereocenters. The minimum absolute atomic E-state index is 0.102. The van der Waals surface area contributed by atoms with Crippen molar-refractivity contribution in [1.29, 1.82) is 0 Å². The Hall–Kier alpha value is -2.43. The van der Waals surface area contributed by atoms with E-state index in [1.165, 1.54) is 30.1 Å². The van der Waals surface area contributed by atoms with Gasteiger partial charge >= 0.3 is 0 Å². The van der Waals surface area contributed by atoms with Gasteiger partial charge in [0.15, 0.2) is 0 Å². The Morgan fingerprint density at radius 3 is 2.45 bits per heavy atom. The molecule has 1 aromatic carbocycles. The Morgan fingerprint density at radius 2 is 1.79 bits per heavy atom. The van der Waals surface area contributed by atoms with Crippen molar-refractivity contribution in [1.82, 2.24) is 20.3 Å². The Balaban J connectivity index is 1.89. The molecule has 0 saturated carbocycles. The van der Waals surface area contributed by atoms with Gasteiger partial charge in [-0.2, -0.15) is 16.5 Å². The van der Waals surface area contributed by atoms with Crippen LogP contribution in [0.1, 0.15) is 16.8 Å². The molecule has 2 rings (SSSR count). The predicted octanol–water partition coefficient (Wildman–Crippen LogP) is 1.03. The third kappa shape index (κ3) is 7.48. The molecule has 3 N–H and O–H groups in total. The van der Waals surface area contributed by atoms with Crippen LogP contribution < -0.4 is 15.4 Å². The van der Waals surface area contributed by atoms with Crippen molar-refractivity contribution < 1.29 is 18.0 Å². The van der Waals surface area contributed by atoms with E-state index in [0.29, 0.717) is 17.7 Å². The van der Waals surface area contributed by atoms with Crippen LogP contribution in [0.2, 0.25) is 0 Å². The van der Waals surface area contributed by atoms with Gasteiger partial charge in [0.05, 0.1) is 10.5 Å². The maximum atomic E-state index is 12.5. The van der Waals surface area contributed by atoms with Gasteiger partial charge in [-0.15, -0.1) is 0 Å². The first-order valence-electron chi connectivity index (χ1n) is 8.96. The number of hydrogen-bond donors (Lipinski definition) is 3. The molecule has 0 saturated heterocycles. The number of carbonyl (C=O) groups is 2. The molecule has 0 bridgehead atoms. The molecular weight excluding hydrogens is 412 g/mol. The summed E-state index contributed by atoms with van der Waals surface area (Å²) < 4.78 is 27.5. The van der Waals surface area contributed by atoms with E-state index in [2.05, 4.69) is 20.3 Å². The van der Waals surface area contributed by atoms with Crippen LogP contribution >= 0.6 is 11.8 Å². The van der Waals surface area contributed by atoms with Gasteiger partial charge in [-0.25, -0.2) is 8.42 Å². The zero-order valence-electron chi connectivity index (χ0n) is 16.0. The van der Waals surface area contributed by atoms with E-state index in [-0.39, 0.29) is 23.9 Å². The fourth-order valence-electron chi connectivity index (χ4n) is 2.42. The second-order valence-corrected chi connectivity index (χ2v) is 8.76. The van der Waals surface area contributed by atoms with Gasteiger partial charge in [-0.3, -0.25) is 14.6 Å². The monoisotopic (exact) mass is 436 g/mol. The number of benzene rings is 1. The van der Waals surface area contributed by atoms with Crippen LogP contribution in [0.3, 0.4) is 0 Å². The van der Waals surface area contributed by atoms with Gasteiger partial charge in [0.25, 0.3) is 5.91 Å². The van der Waals surface area contributed by atoms with Gasteiger partial charge in [0.2, 0.25) is 15.9 Å². The first kappa shape index (κ1) is 22.9. The molecule has 2 aromatic rings. The molecule has 8 nitrogen and oxygen atoms in total. The van der Waals surface area contributed by atoms with Crippen molar-refractivity contribution in [3.05, 3.63) is 60.4 Å². The summed E-state index contributed by atoms with van der Waals surface area (Å²) in [5.74, 6) is -0.113. The number of amides is 2. The van der Waals surface area contributed by atoms with Crippen LogP contribution in [0, 0.1) is 0 Å². The van der Waals surface area contributed by atoms with Crippen molar-refractivity contribution in [3.63, 3.8) is 0 Å². The summed E-state index contributed by atoms with van der Waals surface area (Å²) in [7, 11) is -3.81. The Kier molecular flexibility index (Phi) is 9.10. The SMILES string of the molecule is CSCCC(NS(=O)(=O)c1ccccc1)C(=O)NCCNC(=O)c1cccnc1. The lowest BCUT2D eigenvalue weighted by atomic mass is 10.2. The van der Waals surface area contributed by atoms with Crippen LogP contribution in [0.5, 0.6) is 0 Å². The summed E-state index contributed by atoms with van der Waals surface area (Å²) in [6.45, 7) is 0.383. The fraction of sp³-hybridized carbons (Fsp3) is 0.316. The topological polar surface area (TPSA) is 117 Å². The molecule has 0 spiro atoms. The normalized spacial score (nSPS) is 12.2. The number of sulfonamides is 1. The van der Waals surface area contributed by atoms with Gasteiger partial charge in [0, 0.05) is 25.5 Å². The van der Waals surface area contributed by atoms with Crippen LogP contribution in [0.25, 0.3) is 0 Å². The molecule has 0 aliphatic carbocycles. The molecule has 29 heavy (non-hydrogen) atoms. The van der Waals surface area contributed by atoms with E-state index >= 15 is 0 Å². The van der Waals surface area contributed by atoms with E-state index in [4.69, 9.17) is 0 Å². The minimum atomic E-state index is -3.81. The van der Waals surface area contributed by atoms with E-state index in [9.17, 15) is 18.0 Å². The number of nitrogens with one attached hydrogen (secondary N) is 3. The van der Waals surface area contributed by atoms with Gasteiger partial charge in [-0.05, 0) is 42.7 Å². The average Bonchev–Trinajstić information content (AvgIpc) is 2.75. The highest BCUT2D eigenvalue weighted by Crippen LogP contribution is 2.10. The maximum absolute atomic E-state index is 12.5. The minimum Gasteiger partial charge on any atom is -0.353 e. The molecule has 1 atom stereocenters. The lowest BCUT2D eigenvalue weighted by Crippen LogP contribution is -2.48. The first-order chi connectivity index (χ1) is 13.9. The lowest BCUT2D eigenvalue weighted by Gasteiger charge is -2.18. The van der Waals surface area contributed by atoms with E-state index < -0.39 is 22.0 Å². The average molecular weight is 437 g/mol. The highest BCUT2D eigenvalue weighted by atomic mass is 32.2. The van der Waals surface area contributed by atoms with E-state index in [1.54, 1.807) is 36.5 Å². The van der Waals surface area contributed by atoms with E-state index in [0.717, 1.165) is 0 Å². The number of pyridine rings is 1. The molecule has 156 valence electrons. The molecule has 0 aliphatic rings. The number of carbonyl (C=O) groups excluding carboxylic acids is 2. The van der Waals surface area contributed by atoms with Crippen molar-refractivity contribution in [2.75, 3.05) is 25.1 Å². The molecule has 0 fully saturated rings. The van der Waals surface area contributed by atoms with E-state index in [1.807, 2.05) is 6.26 Å². The molecule has 0 aliphatic heterocycles. The van der Waals surface area contributed by atoms with Crippen molar-refractivity contribution in [3.8, 4) is 0 Å². The van der Waals surface area contributed by atoms with Gasteiger partial charge < -0.3 is 10.6 Å². The third-order valence-corrected chi connectivity index (χ3v) is 6.04. The summed E-state index contributed by atoms with van der Waals surface area (Å²) in [4.78, 5) is 28.4. The van der Waals surface area contributed by atoms with Gasteiger partial charge in [-0.1, -0.05) is 18.2 Å². The molecular formula is C19H24N4O4S2. The quantitative estimate of drug-likeness (QED) is 0.453. The van der Waals surface area contributed by atoms with Crippen LogP contribution in [-0.4, -0.2) is 56.4 Å². The fourth-order valence-corrected chi connectivity index (χ4v) is 4.14. The van der Waals surface area contributed by atoms with Crippen LogP contribution in [0.15, 0.2) is 59.8 Å². The number of hydrogen-bond acceptors (Lipinski definition) is 6. The standard InChI is InChI=1S/C19H24N4O4S2/c1-28-13-9-17(23-29(26,27)16-7-3-2-4-8-16)19(25)22-12-11-21-18(24)15-6-5-10-20-14-15/h2-8,10,14,17,23H,9,11-13H2,1H3,(H,21,24)(H,22,25). The molecule has 10 heteroatoms. The summed E-state index contributed by atoms with van der Waals surface area (Å²) >= 11 is 1.52. The predicted molar refractivity (Wildman–Crippen MR) is 113 cm³/mol. The highest BCUT2D eigenvalue weighted by molar-refractivity contribution is 7.98. The smallest absolute Gasteiger partial charge is 0.252 e. The van der Waals surface area contributed by atoms with Crippen molar-refractivity contribution in [2.24, 2.45) is 0 Å². The second kappa shape index (κ2) is 11.5. The first-order valence-corrected chi connectivity index (χ1v) is 11.8. The maximum Gasteiger partial charge on any atom is 0.252 e. The molecule has 1 heterocycles. The third-order valence-electron chi connectivity index (χ3n) is 3.91. The van der Waals surface area contributed by atoms with Crippen molar-refractivity contribution >= 4 is 33.6 Å². The highest BCUT2D eigenvalue weighted by Gasteiger charge is 2.25. The Labute approximate surface area is 174 Å². The van der Waals surface area contributed by atoms with Crippen LogP contribution in [-0.2, 0) is 14.8 Å².